The Labute approximate surface area is 126 Å². The summed E-state index contributed by atoms with van der Waals surface area (Å²) in [5, 5.41) is 11.0. The number of para-hydroxylation sites is 1. The van der Waals surface area contributed by atoms with Crippen molar-refractivity contribution in [2.75, 3.05) is 6.26 Å². The number of nitrogens with one attached hydrogen (secondary N) is 1. The Balaban J connectivity index is 2.36. The van der Waals surface area contributed by atoms with Gasteiger partial charge in [-0.2, -0.15) is 16.2 Å². The summed E-state index contributed by atoms with van der Waals surface area (Å²) in [4.78, 5) is 9.28. The molecule has 1 aliphatic rings. The minimum absolute atomic E-state index is 0.132. The number of benzene rings is 1. The van der Waals surface area contributed by atoms with E-state index in [0.717, 1.165) is 31.0 Å². The number of hydrogen-bond donors (Lipinski definition) is 1. The number of rotatable bonds is 5. The highest BCUT2D eigenvalue weighted by molar-refractivity contribution is 7.99. The van der Waals surface area contributed by atoms with E-state index in [0.29, 0.717) is 6.42 Å². The molecule has 0 heterocycles. The summed E-state index contributed by atoms with van der Waals surface area (Å²) in [6, 6.07) is 2.79. The van der Waals surface area contributed by atoms with Gasteiger partial charge in [0.2, 0.25) is 15.8 Å². The predicted molar refractivity (Wildman–Crippen MR) is 78.3 cm³/mol. The monoisotopic (exact) mass is 334 g/mol. The molecule has 21 heavy (non-hydrogen) atoms. The molecule has 0 radical (unpaired) electrons. The molecule has 1 aliphatic carbocycles. The van der Waals surface area contributed by atoms with Gasteiger partial charge >= 0.3 is 5.69 Å². The fourth-order valence-corrected chi connectivity index (χ4v) is 5.01. The number of nitro groups is 1. The van der Waals surface area contributed by atoms with Crippen molar-refractivity contribution in [1.29, 1.82) is 0 Å². The molecule has 1 aromatic carbocycles. The van der Waals surface area contributed by atoms with Gasteiger partial charge < -0.3 is 0 Å². The highest BCUT2D eigenvalue weighted by Gasteiger charge is 2.35. The average molecular weight is 334 g/mol. The smallest absolute Gasteiger partial charge is 0.258 e. The quantitative estimate of drug-likeness (QED) is 0.659. The number of thioether (sulfide) groups is 1. The molecule has 0 amide bonds. The Morgan fingerprint density at radius 2 is 2.14 bits per heavy atom. The summed E-state index contributed by atoms with van der Waals surface area (Å²) in [5.41, 5.74) is -1.01. The van der Waals surface area contributed by atoms with E-state index in [9.17, 15) is 22.9 Å². The topological polar surface area (TPSA) is 89.3 Å². The molecule has 0 aromatic heterocycles. The number of sulfonamides is 1. The Kier molecular flexibility index (Phi) is 4.84. The summed E-state index contributed by atoms with van der Waals surface area (Å²) in [6.07, 6.45) is 4.35. The van der Waals surface area contributed by atoms with E-state index in [1.54, 1.807) is 11.8 Å². The minimum Gasteiger partial charge on any atom is -0.258 e. The van der Waals surface area contributed by atoms with Gasteiger partial charge in [0.1, 0.15) is 0 Å². The first kappa shape index (κ1) is 16.2. The van der Waals surface area contributed by atoms with Crippen LogP contribution in [0.5, 0.6) is 0 Å². The van der Waals surface area contributed by atoms with Crippen molar-refractivity contribution in [3.05, 3.63) is 34.1 Å². The first-order chi connectivity index (χ1) is 9.86. The second kappa shape index (κ2) is 6.29. The highest BCUT2D eigenvalue weighted by atomic mass is 32.2. The van der Waals surface area contributed by atoms with Crippen molar-refractivity contribution in [1.82, 2.24) is 4.72 Å². The zero-order chi connectivity index (χ0) is 15.6. The maximum absolute atomic E-state index is 13.5. The van der Waals surface area contributed by atoms with Gasteiger partial charge in [0.25, 0.3) is 0 Å². The average Bonchev–Trinajstić information content (AvgIpc) is 2.84. The molecule has 6 nitrogen and oxygen atoms in total. The summed E-state index contributed by atoms with van der Waals surface area (Å²) in [6.45, 7) is 0. The van der Waals surface area contributed by atoms with Crippen molar-refractivity contribution < 1.29 is 17.7 Å². The lowest BCUT2D eigenvalue weighted by Gasteiger charge is -2.19. The number of nitro benzene ring substituents is 1. The zero-order valence-corrected chi connectivity index (χ0v) is 12.9. The van der Waals surface area contributed by atoms with Crippen molar-refractivity contribution in [2.24, 2.45) is 0 Å². The van der Waals surface area contributed by atoms with E-state index in [-0.39, 0.29) is 11.3 Å². The molecule has 0 spiro atoms. The van der Waals surface area contributed by atoms with Gasteiger partial charge in [0.05, 0.1) is 4.92 Å². The fourth-order valence-electron chi connectivity index (χ4n) is 2.50. The Morgan fingerprint density at radius 3 is 2.76 bits per heavy atom. The van der Waals surface area contributed by atoms with Gasteiger partial charge in [-0.1, -0.05) is 12.5 Å². The number of nitrogens with zero attached hydrogens (tertiary/aromatic N) is 1. The maximum atomic E-state index is 13.5. The Hall–Kier alpha value is -1.19. The lowest BCUT2D eigenvalue weighted by molar-refractivity contribution is -0.390. The van der Waals surface area contributed by atoms with E-state index in [1.807, 2.05) is 6.26 Å². The van der Waals surface area contributed by atoms with Crippen LogP contribution in [0.25, 0.3) is 0 Å². The van der Waals surface area contributed by atoms with Crippen LogP contribution in [0.15, 0.2) is 23.1 Å². The molecule has 1 N–H and O–H groups in total. The summed E-state index contributed by atoms with van der Waals surface area (Å²) in [5.74, 6) is -1.16. The van der Waals surface area contributed by atoms with Crippen LogP contribution in [0.4, 0.5) is 10.1 Å². The molecule has 1 aromatic rings. The van der Waals surface area contributed by atoms with Gasteiger partial charge in [-0.05, 0) is 31.2 Å². The zero-order valence-electron chi connectivity index (χ0n) is 11.3. The first-order valence-corrected chi connectivity index (χ1v) is 9.12. The van der Waals surface area contributed by atoms with Crippen LogP contribution in [0, 0.1) is 15.9 Å². The van der Waals surface area contributed by atoms with Gasteiger partial charge in [-0.15, -0.1) is 0 Å². The summed E-state index contributed by atoms with van der Waals surface area (Å²) < 4.78 is 40.7. The van der Waals surface area contributed by atoms with Crippen LogP contribution in [0.2, 0.25) is 0 Å². The molecule has 2 atom stereocenters. The number of hydrogen-bond acceptors (Lipinski definition) is 5. The van der Waals surface area contributed by atoms with Crippen LogP contribution < -0.4 is 4.72 Å². The second-order valence-electron chi connectivity index (χ2n) is 4.78. The lowest BCUT2D eigenvalue weighted by Crippen LogP contribution is -2.38. The van der Waals surface area contributed by atoms with E-state index >= 15 is 0 Å². The van der Waals surface area contributed by atoms with Crippen molar-refractivity contribution in [2.45, 2.75) is 35.4 Å². The molecule has 0 bridgehead atoms. The maximum Gasteiger partial charge on any atom is 0.324 e. The normalized spacial score (nSPS) is 22.4. The molecule has 9 heteroatoms. The Bertz CT molecular complexity index is 651. The first-order valence-electron chi connectivity index (χ1n) is 6.35. The Morgan fingerprint density at radius 1 is 1.43 bits per heavy atom. The van der Waals surface area contributed by atoms with Crippen LogP contribution >= 0.6 is 11.8 Å². The van der Waals surface area contributed by atoms with Crippen molar-refractivity contribution in [3.8, 4) is 0 Å². The van der Waals surface area contributed by atoms with Crippen LogP contribution in [-0.2, 0) is 10.0 Å². The predicted octanol–water partition coefficient (Wildman–Crippen LogP) is 2.30. The fraction of sp³-hybridized carbons (Fsp3) is 0.500. The van der Waals surface area contributed by atoms with E-state index < -0.39 is 31.3 Å². The third-order valence-electron chi connectivity index (χ3n) is 3.48. The molecule has 1 fully saturated rings. The molecule has 116 valence electrons. The van der Waals surface area contributed by atoms with Crippen LogP contribution in [0.1, 0.15) is 19.3 Å². The van der Waals surface area contributed by atoms with Crippen molar-refractivity contribution >= 4 is 27.5 Å². The van der Waals surface area contributed by atoms with Crippen LogP contribution in [0.3, 0.4) is 0 Å². The highest BCUT2D eigenvalue weighted by Crippen LogP contribution is 2.31. The van der Waals surface area contributed by atoms with Gasteiger partial charge in [-0.25, -0.2) is 13.1 Å². The molecular weight excluding hydrogens is 319 g/mol. The third-order valence-corrected chi connectivity index (χ3v) is 6.17. The molecule has 2 unspecified atom stereocenters. The lowest BCUT2D eigenvalue weighted by atomic mass is 10.3. The standard InChI is InChI=1S/C12H15FN2O4S2/c1-20-10-6-3-5-9(10)14-21(18,19)11-7-2-4-8(13)12(11)15(16)17/h2,4,7,9-10,14H,3,5-6H2,1H3. The molecule has 0 saturated heterocycles. The summed E-state index contributed by atoms with van der Waals surface area (Å²) in [7, 11) is -4.13. The minimum atomic E-state index is -4.13. The van der Waals surface area contributed by atoms with Crippen molar-refractivity contribution in [3.63, 3.8) is 0 Å². The van der Waals surface area contributed by atoms with E-state index in [4.69, 9.17) is 0 Å². The molecular formula is C12H15FN2O4S2. The van der Waals surface area contributed by atoms with E-state index in [1.165, 1.54) is 0 Å². The SMILES string of the molecule is CSC1CCCC1NS(=O)(=O)c1cccc(F)c1[N+](=O)[O-]. The molecule has 2 rings (SSSR count). The van der Waals surface area contributed by atoms with Gasteiger partial charge in [0, 0.05) is 11.3 Å². The molecule has 0 aliphatic heterocycles. The van der Waals surface area contributed by atoms with Gasteiger partial charge in [0.15, 0.2) is 4.90 Å². The largest absolute Gasteiger partial charge is 0.324 e. The van der Waals surface area contributed by atoms with Crippen LogP contribution in [-0.4, -0.2) is 30.9 Å². The third kappa shape index (κ3) is 3.35. The van der Waals surface area contributed by atoms with E-state index in [2.05, 4.69) is 4.72 Å². The second-order valence-corrected chi connectivity index (χ2v) is 7.54. The van der Waals surface area contributed by atoms with Gasteiger partial charge in [-0.3, -0.25) is 10.1 Å². The summed E-state index contributed by atoms with van der Waals surface area (Å²) >= 11 is 1.56. The molecule has 1 saturated carbocycles. The number of halogens is 1.